The van der Waals surface area contributed by atoms with Crippen molar-refractivity contribution in [2.45, 2.75) is 70.5 Å². The molecule has 0 radical (unpaired) electrons. The van der Waals surface area contributed by atoms with E-state index >= 15 is 0 Å². The summed E-state index contributed by atoms with van der Waals surface area (Å²) in [5.74, 6) is 1.15. The highest BCUT2D eigenvalue weighted by Gasteiger charge is 2.36. The molecule has 1 fully saturated rings. The second kappa shape index (κ2) is 9.14. The first-order valence-electron chi connectivity index (χ1n) is 11.3. The Labute approximate surface area is 201 Å². The number of likely N-dealkylation sites (N-methyl/N-ethyl adjacent to an activating group) is 1. The summed E-state index contributed by atoms with van der Waals surface area (Å²) < 4.78 is 49.5. The molecule has 12 heteroatoms. The molecule has 190 valence electrons. The molecule has 2 aromatic heterocycles. The first kappa shape index (κ1) is 25.0. The van der Waals surface area contributed by atoms with Crippen LogP contribution in [0.1, 0.15) is 45.0 Å². The predicted molar refractivity (Wildman–Crippen MR) is 124 cm³/mol. The first-order valence-corrected chi connectivity index (χ1v) is 11.3. The Kier molecular flexibility index (Phi) is 6.52. The van der Waals surface area contributed by atoms with Crippen LogP contribution in [0.5, 0.6) is 5.75 Å². The molecule has 1 atom stereocenters. The monoisotopic (exact) mass is 494 g/mol. The van der Waals surface area contributed by atoms with E-state index in [-0.39, 0.29) is 30.3 Å². The van der Waals surface area contributed by atoms with E-state index in [1.807, 2.05) is 20.8 Å². The number of alkyl halides is 3. The third-order valence-electron chi connectivity index (χ3n) is 5.86. The zero-order valence-corrected chi connectivity index (χ0v) is 20.2. The Balaban J connectivity index is 1.36. The number of nitrogens with zero attached hydrogens (tertiary/aromatic N) is 4. The average molecular weight is 495 g/mol. The van der Waals surface area contributed by atoms with Crippen LogP contribution in [0.3, 0.4) is 0 Å². The van der Waals surface area contributed by atoms with Crippen LogP contribution >= 0.6 is 0 Å². The molecule has 0 aromatic carbocycles. The van der Waals surface area contributed by atoms with Gasteiger partial charge < -0.3 is 25.0 Å². The van der Waals surface area contributed by atoms with Crippen molar-refractivity contribution in [2.24, 2.45) is 0 Å². The lowest BCUT2D eigenvalue weighted by atomic mass is 9.89. The van der Waals surface area contributed by atoms with Crippen molar-refractivity contribution in [1.82, 2.24) is 15.0 Å². The molecule has 2 N–H and O–H groups in total. The summed E-state index contributed by atoms with van der Waals surface area (Å²) >= 11 is 0. The maximum Gasteiger partial charge on any atom is 0.433 e. The molecule has 1 aliphatic carbocycles. The molecule has 1 aliphatic heterocycles. The summed E-state index contributed by atoms with van der Waals surface area (Å²) in [5.41, 5.74) is -0.128. The lowest BCUT2D eigenvalue weighted by Crippen LogP contribution is -2.50. The van der Waals surface area contributed by atoms with Gasteiger partial charge in [0.1, 0.15) is 29.3 Å². The fourth-order valence-corrected chi connectivity index (χ4v) is 3.84. The first-order chi connectivity index (χ1) is 16.3. The number of ether oxygens (including phenoxy) is 2. The number of nitrogens with one attached hydrogen (secondary N) is 2. The van der Waals surface area contributed by atoms with Crippen LogP contribution < -0.4 is 20.3 Å². The molecular formula is C23H29F3N6O3. The zero-order chi connectivity index (χ0) is 25.5. The number of fused-ring (bicyclic) bond motifs is 1. The number of aromatic nitrogens is 3. The molecule has 4 rings (SSSR count). The molecule has 9 nitrogen and oxygen atoms in total. The van der Waals surface area contributed by atoms with Crippen LogP contribution in [0.15, 0.2) is 18.3 Å². The molecule has 0 unspecified atom stereocenters. The minimum Gasteiger partial charge on any atom is -0.489 e. The van der Waals surface area contributed by atoms with Crippen molar-refractivity contribution in [2.75, 3.05) is 29.2 Å². The Morgan fingerprint density at radius 2 is 1.91 bits per heavy atom. The number of carbonyl (C=O) groups excluding carboxylic acids is 1. The normalized spacial score (nSPS) is 22.2. The van der Waals surface area contributed by atoms with E-state index in [0.29, 0.717) is 41.7 Å². The van der Waals surface area contributed by atoms with Gasteiger partial charge in [0.25, 0.3) is 0 Å². The lowest BCUT2D eigenvalue weighted by Gasteiger charge is -2.37. The smallest absolute Gasteiger partial charge is 0.433 e. The number of aryl methyl sites for hydroxylation is 1. The van der Waals surface area contributed by atoms with Crippen LogP contribution in [0, 0.1) is 6.92 Å². The Morgan fingerprint density at radius 1 is 1.20 bits per heavy atom. The SMILES string of the molecule is Cc1nc(N[C@H]2C[C@H](Oc3ccc(C(F)(F)F)nc3)C2)nc2c1NC(=O)[C@H](COC(C)(C)C)N2C. The van der Waals surface area contributed by atoms with Crippen molar-refractivity contribution in [1.29, 1.82) is 0 Å². The summed E-state index contributed by atoms with van der Waals surface area (Å²) in [6.07, 6.45) is -2.27. The van der Waals surface area contributed by atoms with Gasteiger partial charge >= 0.3 is 6.18 Å². The minimum atomic E-state index is -4.48. The standard InChI is InChI=1S/C23H29F3N6O3/c1-12-18-19(32(5)16(20(33)30-18)11-34-22(2,3)4)31-21(28-12)29-13-8-15(9-13)35-14-6-7-17(27-10-14)23(24,25)26/h6-7,10,13,15-16H,8-9,11H2,1-5H3,(H,30,33)(H,28,29,31)/t13-,15-,16-/m0/s1. The van der Waals surface area contributed by atoms with Crippen molar-refractivity contribution >= 4 is 23.4 Å². The van der Waals surface area contributed by atoms with E-state index in [4.69, 9.17) is 9.47 Å². The van der Waals surface area contributed by atoms with Crippen LogP contribution in [-0.2, 0) is 15.7 Å². The molecule has 3 heterocycles. The molecule has 1 saturated carbocycles. The average Bonchev–Trinajstić information content (AvgIpc) is 2.72. The van der Waals surface area contributed by atoms with Crippen molar-refractivity contribution in [3.8, 4) is 5.75 Å². The summed E-state index contributed by atoms with van der Waals surface area (Å²) in [6.45, 7) is 7.81. The number of hydrogen-bond donors (Lipinski definition) is 2. The van der Waals surface area contributed by atoms with Gasteiger partial charge in [0, 0.05) is 25.9 Å². The highest BCUT2D eigenvalue weighted by atomic mass is 19.4. The summed E-state index contributed by atoms with van der Waals surface area (Å²) in [6, 6.07) is 1.70. The van der Waals surface area contributed by atoms with Gasteiger partial charge in [-0.25, -0.2) is 9.97 Å². The van der Waals surface area contributed by atoms with E-state index < -0.39 is 17.9 Å². The van der Waals surface area contributed by atoms with Gasteiger partial charge in [-0.05, 0) is 39.8 Å². The second-order valence-electron chi connectivity index (χ2n) is 9.80. The second-order valence-corrected chi connectivity index (χ2v) is 9.80. The van der Waals surface area contributed by atoms with E-state index in [9.17, 15) is 18.0 Å². The number of pyridine rings is 1. The zero-order valence-electron chi connectivity index (χ0n) is 20.2. The van der Waals surface area contributed by atoms with Crippen molar-refractivity contribution in [3.05, 3.63) is 29.7 Å². The maximum absolute atomic E-state index is 12.6. The van der Waals surface area contributed by atoms with Gasteiger partial charge in [-0.1, -0.05) is 0 Å². The highest BCUT2D eigenvalue weighted by molar-refractivity contribution is 6.03. The Hall–Kier alpha value is -3.15. The van der Waals surface area contributed by atoms with Gasteiger partial charge in [-0.15, -0.1) is 0 Å². The summed E-state index contributed by atoms with van der Waals surface area (Å²) in [4.78, 5) is 26.9. The highest BCUT2D eigenvalue weighted by Crippen LogP contribution is 2.35. The number of anilines is 3. The number of halogens is 3. The minimum absolute atomic E-state index is 0.0448. The number of amides is 1. The number of carbonyl (C=O) groups is 1. The summed E-state index contributed by atoms with van der Waals surface area (Å²) in [5, 5.41) is 6.17. The third kappa shape index (κ3) is 5.75. The van der Waals surface area contributed by atoms with Gasteiger partial charge in [0.2, 0.25) is 11.9 Å². The van der Waals surface area contributed by atoms with Crippen molar-refractivity contribution in [3.63, 3.8) is 0 Å². The maximum atomic E-state index is 12.6. The number of rotatable bonds is 6. The lowest BCUT2D eigenvalue weighted by molar-refractivity contribution is -0.141. The molecular weight excluding hydrogens is 465 g/mol. The molecule has 0 bridgehead atoms. The van der Waals surface area contributed by atoms with Crippen molar-refractivity contribution < 1.29 is 27.4 Å². The summed E-state index contributed by atoms with van der Waals surface area (Å²) in [7, 11) is 1.80. The van der Waals surface area contributed by atoms with E-state index in [2.05, 4.69) is 25.6 Å². The van der Waals surface area contributed by atoms with Gasteiger partial charge in [0.15, 0.2) is 5.82 Å². The van der Waals surface area contributed by atoms with Crippen LogP contribution in [0.4, 0.5) is 30.6 Å². The van der Waals surface area contributed by atoms with Crippen LogP contribution in [0.2, 0.25) is 0 Å². The largest absolute Gasteiger partial charge is 0.489 e. The van der Waals surface area contributed by atoms with E-state index in [1.165, 1.54) is 6.07 Å². The predicted octanol–water partition coefficient (Wildman–Crippen LogP) is 3.79. The molecule has 0 saturated heterocycles. The van der Waals surface area contributed by atoms with Crippen LogP contribution in [-0.4, -0.2) is 58.3 Å². The van der Waals surface area contributed by atoms with Gasteiger partial charge in [0.05, 0.1) is 24.1 Å². The molecule has 1 amide bonds. The van der Waals surface area contributed by atoms with E-state index in [0.717, 1.165) is 12.3 Å². The molecule has 2 aliphatic rings. The third-order valence-corrected chi connectivity index (χ3v) is 5.86. The number of hydrogen-bond acceptors (Lipinski definition) is 8. The van der Waals surface area contributed by atoms with Crippen LogP contribution in [0.25, 0.3) is 0 Å². The Morgan fingerprint density at radius 3 is 2.51 bits per heavy atom. The topological polar surface area (TPSA) is 102 Å². The quantitative estimate of drug-likeness (QED) is 0.626. The molecule has 0 spiro atoms. The fourth-order valence-electron chi connectivity index (χ4n) is 3.84. The van der Waals surface area contributed by atoms with Gasteiger partial charge in [-0.2, -0.15) is 18.2 Å². The van der Waals surface area contributed by atoms with E-state index in [1.54, 1.807) is 18.9 Å². The van der Waals surface area contributed by atoms with Gasteiger partial charge in [-0.3, -0.25) is 4.79 Å². The molecule has 35 heavy (non-hydrogen) atoms. The fraction of sp³-hybridized carbons (Fsp3) is 0.565. The molecule has 2 aromatic rings. The Bertz CT molecular complexity index is 1080.